The first kappa shape index (κ1) is 25.5. The molecule has 1 fully saturated rings. The quantitative estimate of drug-likeness (QED) is 0.195. The van der Waals surface area contributed by atoms with Gasteiger partial charge in [0.05, 0.1) is 29.4 Å². The number of nitrogens with one attached hydrogen (secondary N) is 2. The number of aromatic nitrogens is 3. The third-order valence-corrected chi connectivity index (χ3v) is 6.65. The molecule has 0 unspecified atom stereocenters. The van der Waals surface area contributed by atoms with Gasteiger partial charge in [0.15, 0.2) is 10.9 Å². The smallest absolute Gasteiger partial charge is 0.270 e. The Morgan fingerprint density at radius 1 is 1.19 bits per heavy atom. The van der Waals surface area contributed by atoms with E-state index in [1.54, 1.807) is 10.7 Å². The second-order valence-electron chi connectivity index (χ2n) is 7.82. The largest absolute Gasteiger partial charge is 0.378 e. The predicted molar refractivity (Wildman–Crippen MR) is 141 cm³/mol. The van der Waals surface area contributed by atoms with Crippen LogP contribution in [0.4, 0.5) is 11.4 Å². The number of thiocarbonyl (C=S) groups is 1. The minimum Gasteiger partial charge on any atom is -0.378 e. The summed E-state index contributed by atoms with van der Waals surface area (Å²) in [6.07, 6.45) is 0.592. The topological polar surface area (TPSA) is 127 Å². The number of nitro groups is 1. The van der Waals surface area contributed by atoms with Crippen molar-refractivity contribution in [1.82, 2.24) is 20.2 Å². The fourth-order valence-corrected chi connectivity index (χ4v) is 4.71. The van der Waals surface area contributed by atoms with E-state index in [-0.39, 0.29) is 16.4 Å². The molecule has 1 aromatic heterocycles. The van der Waals surface area contributed by atoms with E-state index in [0.717, 1.165) is 5.56 Å². The highest BCUT2D eigenvalue weighted by molar-refractivity contribution is 7.98. The third-order valence-electron chi connectivity index (χ3n) is 5.46. The van der Waals surface area contributed by atoms with Crippen molar-refractivity contribution in [1.29, 1.82) is 0 Å². The number of benzene rings is 2. The van der Waals surface area contributed by atoms with Crippen molar-refractivity contribution in [2.45, 2.75) is 24.3 Å². The van der Waals surface area contributed by atoms with Gasteiger partial charge in [-0.15, -0.1) is 10.2 Å². The minimum absolute atomic E-state index is 0.0236. The maximum atomic E-state index is 13.2. The van der Waals surface area contributed by atoms with E-state index in [9.17, 15) is 14.9 Å². The van der Waals surface area contributed by atoms with Crippen LogP contribution in [0.3, 0.4) is 0 Å². The molecule has 0 saturated carbocycles. The molecule has 0 atom stereocenters. The molecule has 1 saturated heterocycles. The number of amides is 1. The lowest BCUT2D eigenvalue weighted by molar-refractivity contribution is -0.384. The van der Waals surface area contributed by atoms with Crippen LogP contribution < -0.4 is 15.6 Å². The minimum atomic E-state index is -0.553. The summed E-state index contributed by atoms with van der Waals surface area (Å²) in [5, 5.41) is 23.1. The Kier molecular flexibility index (Phi) is 8.46. The second-order valence-corrected chi connectivity index (χ2v) is 9.17. The van der Waals surface area contributed by atoms with Crippen LogP contribution in [0.5, 0.6) is 0 Å². The van der Waals surface area contributed by atoms with E-state index in [1.165, 1.54) is 23.9 Å². The van der Waals surface area contributed by atoms with Crippen LogP contribution in [-0.2, 0) is 16.9 Å². The Morgan fingerprint density at radius 3 is 2.64 bits per heavy atom. The summed E-state index contributed by atoms with van der Waals surface area (Å²) in [5.74, 6) is 0.772. The Balaban J connectivity index is 1.50. The molecule has 1 aliphatic rings. The average molecular weight is 528 g/mol. The number of thioether (sulfide) groups is 1. The maximum Gasteiger partial charge on any atom is 0.270 e. The standard InChI is InChI=1S/C23H25N7O4S2/c1-2-20-25-26-23(36-15-16-6-4-3-5-7-16)29(20)27-22(35)24-21(31)18-14-17(30(32)33)8-9-19(18)28-10-12-34-13-11-28/h3-9,14H,2,10-13,15H2,1H3,(H2,24,27,31,35). The molecular formula is C23H25N7O4S2. The van der Waals surface area contributed by atoms with Gasteiger partial charge in [-0.05, 0) is 23.8 Å². The van der Waals surface area contributed by atoms with Crippen LogP contribution in [0, 0.1) is 10.1 Å². The number of nitrogens with zero attached hydrogens (tertiary/aromatic N) is 5. The van der Waals surface area contributed by atoms with Gasteiger partial charge < -0.3 is 9.64 Å². The van der Waals surface area contributed by atoms with E-state index < -0.39 is 10.8 Å². The van der Waals surface area contributed by atoms with Crippen molar-refractivity contribution < 1.29 is 14.5 Å². The summed E-state index contributed by atoms with van der Waals surface area (Å²) in [7, 11) is 0. The molecule has 0 spiro atoms. The molecule has 0 bridgehead atoms. The molecule has 2 heterocycles. The highest BCUT2D eigenvalue weighted by Crippen LogP contribution is 2.26. The fraction of sp³-hybridized carbons (Fsp3) is 0.304. The van der Waals surface area contributed by atoms with Crippen molar-refractivity contribution in [2.75, 3.05) is 36.6 Å². The molecule has 1 amide bonds. The van der Waals surface area contributed by atoms with Crippen LogP contribution in [0.15, 0.2) is 53.7 Å². The van der Waals surface area contributed by atoms with Gasteiger partial charge in [0.1, 0.15) is 0 Å². The highest BCUT2D eigenvalue weighted by Gasteiger charge is 2.23. The second kappa shape index (κ2) is 11.9. The number of hydrogen-bond acceptors (Lipinski definition) is 9. The van der Waals surface area contributed by atoms with Crippen molar-refractivity contribution in [3.05, 3.63) is 75.6 Å². The number of ether oxygens (including phenoxy) is 1. The lowest BCUT2D eigenvalue weighted by Crippen LogP contribution is -2.41. The molecule has 3 aromatic rings. The van der Waals surface area contributed by atoms with Crippen LogP contribution in [-0.4, -0.2) is 57.1 Å². The van der Waals surface area contributed by atoms with E-state index in [4.69, 9.17) is 17.0 Å². The predicted octanol–water partition coefficient (Wildman–Crippen LogP) is 3.14. The summed E-state index contributed by atoms with van der Waals surface area (Å²) in [6, 6.07) is 14.2. The van der Waals surface area contributed by atoms with Crippen LogP contribution >= 0.6 is 24.0 Å². The first-order valence-electron chi connectivity index (χ1n) is 11.3. The molecular weight excluding hydrogens is 502 g/mol. The number of non-ortho nitro benzene ring substituents is 1. The number of anilines is 1. The molecule has 4 rings (SSSR count). The van der Waals surface area contributed by atoms with Crippen molar-refractivity contribution in [3.8, 4) is 0 Å². The molecule has 0 radical (unpaired) electrons. The van der Waals surface area contributed by atoms with E-state index in [0.29, 0.717) is 55.1 Å². The number of hydrogen-bond donors (Lipinski definition) is 2. The normalized spacial score (nSPS) is 13.3. The highest BCUT2D eigenvalue weighted by atomic mass is 32.2. The van der Waals surface area contributed by atoms with Gasteiger partial charge in [-0.25, -0.2) is 4.68 Å². The Morgan fingerprint density at radius 2 is 1.94 bits per heavy atom. The molecule has 11 nitrogen and oxygen atoms in total. The average Bonchev–Trinajstić information content (AvgIpc) is 3.29. The van der Waals surface area contributed by atoms with Gasteiger partial charge in [-0.1, -0.05) is 49.0 Å². The Bertz CT molecular complexity index is 1250. The van der Waals surface area contributed by atoms with E-state index in [1.807, 2.05) is 42.2 Å². The van der Waals surface area contributed by atoms with Gasteiger partial charge in [-0.3, -0.25) is 25.7 Å². The van der Waals surface area contributed by atoms with Crippen molar-refractivity contribution in [3.63, 3.8) is 0 Å². The van der Waals surface area contributed by atoms with Gasteiger partial charge in [0, 0.05) is 37.4 Å². The van der Waals surface area contributed by atoms with Crippen molar-refractivity contribution >= 4 is 46.4 Å². The zero-order valence-electron chi connectivity index (χ0n) is 19.5. The van der Waals surface area contributed by atoms with Crippen LogP contribution in [0.2, 0.25) is 0 Å². The number of carbonyl (C=O) groups excluding carboxylic acids is 1. The zero-order chi connectivity index (χ0) is 25.5. The molecule has 1 aliphatic heterocycles. The first-order valence-corrected chi connectivity index (χ1v) is 12.7. The van der Waals surface area contributed by atoms with Gasteiger partial charge in [0.25, 0.3) is 11.6 Å². The fourth-order valence-electron chi connectivity index (χ4n) is 3.66. The number of rotatable bonds is 8. The molecule has 2 N–H and O–H groups in total. The summed E-state index contributed by atoms with van der Waals surface area (Å²) < 4.78 is 7.04. The first-order chi connectivity index (χ1) is 17.5. The summed E-state index contributed by atoms with van der Waals surface area (Å²) >= 11 is 6.89. The maximum absolute atomic E-state index is 13.2. The summed E-state index contributed by atoms with van der Waals surface area (Å²) in [6.45, 7) is 4.10. The number of aryl methyl sites for hydroxylation is 1. The van der Waals surface area contributed by atoms with Gasteiger partial charge >= 0.3 is 0 Å². The number of carbonyl (C=O) groups is 1. The SMILES string of the molecule is CCc1nnc(SCc2ccccc2)n1NC(=S)NC(=O)c1cc([N+](=O)[O-])ccc1N1CCOCC1. The van der Waals surface area contributed by atoms with Gasteiger partial charge in [-0.2, -0.15) is 0 Å². The van der Waals surface area contributed by atoms with Gasteiger partial charge in [0.2, 0.25) is 5.16 Å². The number of nitro benzene ring substituents is 1. The number of morpholine rings is 1. The molecule has 188 valence electrons. The van der Waals surface area contributed by atoms with Crippen LogP contribution in [0.1, 0.15) is 28.7 Å². The lowest BCUT2D eigenvalue weighted by atomic mass is 10.1. The third kappa shape index (κ3) is 6.17. The Labute approximate surface area is 217 Å². The molecule has 2 aromatic carbocycles. The lowest BCUT2D eigenvalue weighted by Gasteiger charge is -2.30. The molecule has 36 heavy (non-hydrogen) atoms. The zero-order valence-corrected chi connectivity index (χ0v) is 21.2. The molecule has 13 heteroatoms. The van der Waals surface area contributed by atoms with Crippen molar-refractivity contribution in [2.24, 2.45) is 0 Å². The Hall–Kier alpha value is -3.55. The summed E-state index contributed by atoms with van der Waals surface area (Å²) in [4.78, 5) is 26.0. The summed E-state index contributed by atoms with van der Waals surface area (Å²) in [5.41, 5.74) is 4.69. The van der Waals surface area contributed by atoms with Crippen LogP contribution in [0.25, 0.3) is 0 Å². The van der Waals surface area contributed by atoms with E-state index >= 15 is 0 Å². The monoisotopic (exact) mass is 527 g/mol. The molecule has 0 aliphatic carbocycles. The van der Waals surface area contributed by atoms with E-state index in [2.05, 4.69) is 20.9 Å².